The van der Waals surface area contributed by atoms with Crippen LogP contribution in [0.2, 0.25) is 0 Å². The predicted octanol–water partition coefficient (Wildman–Crippen LogP) is 1.14. The molecule has 0 saturated carbocycles. The van der Waals surface area contributed by atoms with E-state index in [9.17, 15) is 0 Å². The maximum atomic E-state index is 5.95. The predicted molar refractivity (Wildman–Crippen MR) is 66.0 cm³/mol. The maximum absolute atomic E-state index is 5.95. The molecule has 3 nitrogen and oxygen atoms in total. The third-order valence-corrected chi connectivity index (χ3v) is 3.55. The van der Waals surface area contributed by atoms with Crippen molar-refractivity contribution in [2.24, 2.45) is 5.73 Å². The summed E-state index contributed by atoms with van der Waals surface area (Å²) in [6.45, 7) is 5.84. The quantitative estimate of drug-likeness (QED) is 0.743. The lowest BCUT2D eigenvalue weighted by Gasteiger charge is -2.36. The normalized spacial score (nSPS) is 25.8. The Morgan fingerprint density at radius 3 is 2.80 bits per heavy atom. The van der Waals surface area contributed by atoms with Crippen LogP contribution >= 0.6 is 0 Å². The molecule has 0 aromatic carbocycles. The second-order valence-electron chi connectivity index (χ2n) is 5.02. The van der Waals surface area contributed by atoms with Gasteiger partial charge in [-0.2, -0.15) is 0 Å². The van der Waals surface area contributed by atoms with Crippen LogP contribution in [0.5, 0.6) is 0 Å². The summed E-state index contributed by atoms with van der Waals surface area (Å²) in [6, 6.07) is 1.14. The number of rotatable bonds is 5. The van der Waals surface area contributed by atoms with E-state index >= 15 is 0 Å². The Morgan fingerprint density at radius 2 is 2.20 bits per heavy atom. The maximum Gasteiger partial charge on any atom is 0.0217 e. The summed E-state index contributed by atoms with van der Waals surface area (Å²) in [5, 5.41) is 0. The molecule has 15 heavy (non-hydrogen) atoms. The SMILES string of the molecule is CCC(N)CCN1CCCC(N(C)C)C1. The van der Waals surface area contributed by atoms with Gasteiger partial charge in [0.1, 0.15) is 0 Å². The number of likely N-dealkylation sites (tertiary alicyclic amines) is 1. The first-order chi connectivity index (χ1) is 7.13. The van der Waals surface area contributed by atoms with Gasteiger partial charge in [0, 0.05) is 18.6 Å². The Bertz CT molecular complexity index is 170. The van der Waals surface area contributed by atoms with Crippen LogP contribution in [0.25, 0.3) is 0 Å². The van der Waals surface area contributed by atoms with Crippen molar-refractivity contribution in [2.45, 2.75) is 44.7 Å². The van der Waals surface area contributed by atoms with Crippen molar-refractivity contribution in [3.63, 3.8) is 0 Å². The fraction of sp³-hybridized carbons (Fsp3) is 1.00. The van der Waals surface area contributed by atoms with E-state index in [1.54, 1.807) is 0 Å². The molecule has 90 valence electrons. The van der Waals surface area contributed by atoms with Crippen molar-refractivity contribution < 1.29 is 0 Å². The van der Waals surface area contributed by atoms with Gasteiger partial charge < -0.3 is 15.5 Å². The summed E-state index contributed by atoms with van der Waals surface area (Å²) in [4.78, 5) is 4.93. The average molecular weight is 213 g/mol. The molecule has 0 amide bonds. The lowest BCUT2D eigenvalue weighted by Crippen LogP contribution is -2.46. The van der Waals surface area contributed by atoms with Crippen molar-refractivity contribution >= 4 is 0 Å². The molecular formula is C12H27N3. The molecule has 1 fully saturated rings. The highest BCUT2D eigenvalue weighted by molar-refractivity contribution is 4.78. The second kappa shape index (κ2) is 6.46. The van der Waals surface area contributed by atoms with E-state index in [0.717, 1.165) is 18.9 Å². The fourth-order valence-corrected chi connectivity index (χ4v) is 2.21. The summed E-state index contributed by atoms with van der Waals surface area (Å²) in [5.74, 6) is 0. The molecule has 1 heterocycles. The van der Waals surface area contributed by atoms with Crippen LogP contribution in [-0.2, 0) is 0 Å². The fourth-order valence-electron chi connectivity index (χ4n) is 2.21. The highest BCUT2D eigenvalue weighted by atomic mass is 15.2. The van der Waals surface area contributed by atoms with Crippen LogP contribution < -0.4 is 5.73 Å². The molecule has 2 atom stereocenters. The standard InChI is InChI=1S/C12H27N3/c1-4-11(13)7-9-15-8-5-6-12(10-15)14(2)3/h11-12H,4-10,13H2,1-3H3. The molecule has 0 bridgehead atoms. The van der Waals surface area contributed by atoms with E-state index in [1.165, 1.54) is 32.5 Å². The third kappa shape index (κ3) is 4.49. The van der Waals surface area contributed by atoms with Crippen LogP contribution in [0.4, 0.5) is 0 Å². The topological polar surface area (TPSA) is 32.5 Å². The molecule has 0 aromatic heterocycles. The monoisotopic (exact) mass is 213 g/mol. The van der Waals surface area contributed by atoms with E-state index in [0.29, 0.717) is 6.04 Å². The molecular weight excluding hydrogens is 186 g/mol. The Morgan fingerprint density at radius 1 is 1.47 bits per heavy atom. The molecule has 1 saturated heterocycles. The minimum absolute atomic E-state index is 0.393. The minimum atomic E-state index is 0.393. The lowest BCUT2D eigenvalue weighted by atomic mass is 10.0. The van der Waals surface area contributed by atoms with Crippen molar-refractivity contribution in [1.29, 1.82) is 0 Å². The largest absolute Gasteiger partial charge is 0.328 e. The van der Waals surface area contributed by atoms with Gasteiger partial charge in [0.15, 0.2) is 0 Å². The summed E-state index contributed by atoms with van der Waals surface area (Å²) in [5.41, 5.74) is 5.95. The second-order valence-corrected chi connectivity index (χ2v) is 5.02. The zero-order valence-electron chi connectivity index (χ0n) is 10.6. The lowest BCUT2D eigenvalue weighted by molar-refractivity contribution is 0.130. The summed E-state index contributed by atoms with van der Waals surface area (Å²) >= 11 is 0. The minimum Gasteiger partial charge on any atom is -0.328 e. The molecule has 1 rings (SSSR count). The van der Waals surface area contributed by atoms with E-state index < -0.39 is 0 Å². The van der Waals surface area contributed by atoms with E-state index in [-0.39, 0.29) is 0 Å². The summed E-state index contributed by atoms with van der Waals surface area (Å²) < 4.78 is 0. The van der Waals surface area contributed by atoms with Crippen molar-refractivity contribution in [3.8, 4) is 0 Å². The molecule has 0 radical (unpaired) electrons. The van der Waals surface area contributed by atoms with E-state index in [4.69, 9.17) is 5.73 Å². The van der Waals surface area contributed by atoms with Gasteiger partial charge in [0.2, 0.25) is 0 Å². The van der Waals surface area contributed by atoms with Crippen LogP contribution in [0.3, 0.4) is 0 Å². The van der Waals surface area contributed by atoms with Crippen molar-refractivity contribution in [3.05, 3.63) is 0 Å². The highest BCUT2D eigenvalue weighted by Gasteiger charge is 2.20. The number of hydrogen-bond donors (Lipinski definition) is 1. The van der Waals surface area contributed by atoms with Crippen molar-refractivity contribution in [2.75, 3.05) is 33.7 Å². The molecule has 1 aliphatic rings. The average Bonchev–Trinajstić information content (AvgIpc) is 2.26. The number of hydrogen-bond acceptors (Lipinski definition) is 3. The molecule has 0 aromatic rings. The number of likely N-dealkylation sites (N-methyl/N-ethyl adjacent to an activating group) is 1. The number of nitrogens with zero attached hydrogens (tertiary/aromatic N) is 2. The van der Waals surface area contributed by atoms with Gasteiger partial charge in [-0.3, -0.25) is 0 Å². The molecule has 2 unspecified atom stereocenters. The first-order valence-corrected chi connectivity index (χ1v) is 6.27. The zero-order chi connectivity index (χ0) is 11.3. The number of nitrogens with two attached hydrogens (primary N) is 1. The molecule has 1 aliphatic heterocycles. The summed E-state index contributed by atoms with van der Waals surface area (Å²) in [6.07, 6.45) is 4.94. The van der Waals surface area contributed by atoms with Gasteiger partial charge in [0.05, 0.1) is 0 Å². The Kier molecular flexibility index (Phi) is 5.58. The molecule has 2 N–H and O–H groups in total. The first kappa shape index (κ1) is 12.9. The van der Waals surface area contributed by atoms with E-state index in [2.05, 4.69) is 30.8 Å². The zero-order valence-corrected chi connectivity index (χ0v) is 10.6. The van der Waals surface area contributed by atoms with Gasteiger partial charge in [-0.05, 0) is 52.9 Å². The van der Waals surface area contributed by atoms with Crippen LogP contribution in [-0.4, -0.2) is 55.6 Å². The Balaban J connectivity index is 2.24. The van der Waals surface area contributed by atoms with Crippen molar-refractivity contribution in [1.82, 2.24) is 9.80 Å². The molecule has 3 heteroatoms. The molecule has 0 aliphatic carbocycles. The van der Waals surface area contributed by atoms with Gasteiger partial charge >= 0.3 is 0 Å². The number of piperidine rings is 1. The molecule has 0 spiro atoms. The van der Waals surface area contributed by atoms with E-state index in [1.807, 2.05) is 0 Å². The van der Waals surface area contributed by atoms with Crippen LogP contribution in [0, 0.1) is 0 Å². The Labute approximate surface area is 94.6 Å². The van der Waals surface area contributed by atoms with Gasteiger partial charge in [-0.25, -0.2) is 0 Å². The highest BCUT2D eigenvalue weighted by Crippen LogP contribution is 2.14. The smallest absolute Gasteiger partial charge is 0.0217 e. The van der Waals surface area contributed by atoms with Gasteiger partial charge in [-0.1, -0.05) is 6.92 Å². The summed E-state index contributed by atoms with van der Waals surface area (Å²) in [7, 11) is 4.37. The van der Waals surface area contributed by atoms with Gasteiger partial charge in [-0.15, -0.1) is 0 Å². The van der Waals surface area contributed by atoms with Crippen LogP contribution in [0.15, 0.2) is 0 Å². The van der Waals surface area contributed by atoms with Gasteiger partial charge in [0.25, 0.3) is 0 Å². The van der Waals surface area contributed by atoms with Crippen LogP contribution in [0.1, 0.15) is 32.6 Å². The Hall–Kier alpha value is -0.120. The third-order valence-electron chi connectivity index (χ3n) is 3.55. The first-order valence-electron chi connectivity index (χ1n) is 6.27.